The predicted octanol–water partition coefficient (Wildman–Crippen LogP) is 2.59. The Hall–Kier alpha value is -2.18. The minimum atomic E-state index is -3.50. The van der Waals surface area contributed by atoms with Crippen LogP contribution in [0.3, 0.4) is 0 Å². The van der Waals surface area contributed by atoms with Crippen molar-refractivity contribution >= 4 is 15.9 Å². The summed E-state index contributed by atoms with van der Waals surface area (Å²) < 4.78 is 27.5. The van der Waals surface area contributed by atoms with Crippen molar-refractivity contribution in [2.24, 2.45) is 0 Å². The average Bonchev–Trinajstić information content (AvgIpc) is 2.68. The van der Waals surface area contributed by atoms with Crippen LogP contribution in [0.4, 0.5) is 0 Å². The predicted molar refractivity (Wildman–Crippen MR) is 101 cm³/mol. The third-order valence-corrected chi connectivity index (χ3v) is 6.23. The normalized spacial score (nSPS) is 15.8. The topological polar surface area (TPSA) is 66.5 Å². The molecule has 0 aliphatic carbocycles. The molecule has 138 valence electrons. The van der Waals surface area contributed by atoms with Crippen LogP contribution in [0.15, 0.2) is 65.6 Å². The first kappa shape index (κ1) is 18.6. The van der Waals surface area contributed by atoms with Crippen LogP contribution in [0.2, 0.25) is 0 Å². The Balaban J connectivity index is 1.47. The van der Waals surface area contributed by atoms with Gasteiger partial charge < -0.3 is 4.90 Å². The number of likely N-dealkylation sites (tertiary alicyclic amines) is 1. The van der Waals surface area contributed by atoms with Crippen LogP contribution in [-0.4, -0.2) is 38.4 Å². The first-order valence-corrected chi connectivity index (χ1v) is 10.4. The highest BCUT2D eigenvalue weighted by Crippen LogP contribution is 2.16. The molecule has 5 nitrogen and oxygen atoms in total. The number of amides is 1. The van der Waals surface area contributed by atoms with E-state index < -0.39 is 10.0 Å². The Labute approximate surface area is 155 Å². The zero-order valence-corrected chi connectivity index (χ0v) is 15.5. The Bertz CT molecular complexity index is 815. The van der Waals surface area contributed by atoms with Gasteiger partial charge in [-0.15, -0.1) is 0 Å². The van der Waals surface area contributed by atoms with Crippen LogP contribution >= 0.6 is 0 Å². The summed E-state index contributed by atoms with van der Waals surface area (Å²) in [5, 5.41) is 0. The lowest BCUT2D eigenvalue weighted by Crippen LogP contribution is -2.46. The van der Waals surface area contributed by atoms with E-state index in [1.165, 1.54) is 0 Å². The largest absolute Gasteiger partial charge is 0.343 e. The molecule has 1 amide bonds. The minimum absolute atomic E-state index is 0.127. The van der Waals surface area contributed by atoms with Gasteiger partial charge in [-0.3, -0.25) is 4.79 Å². The first-order valence-electron chi connectivity index (χ1n) is 8.94. The van der Waals surface area contributed by atoms with Crippen LogP contribution in [0.1, 0.15) is 24.8 Å². The molecule has 26 heavy (non-hydrogen) atoms. The second-order valence-electron chi connectivity index (χ2n) is 6.57. The molecule has 0 saturated carbocycles. The number of aryl methyl sites for hydroxylation is 1. The lowest BCUT2D eigenvalue weighted by molar-refractivity contribution is -0.132. The van der Waals surface area contributed by atoms with Crippen molar-refractivity contribution in [3.05, 3.63) is 66.2 Å². The first-order chi connectivity index (χ1) is 12.5. The van der Waals surface area contributed by atoms with Crippen LogP contribution in [-0.2, 0) is 21.2 Å². The van der Waals surface area contributed by atoms with E-state index in [1.807, 2.05) is 35.2 Å². The average molecular weight is 372 g/mol. The van der Waals surface area contributed by atoms with Gasteiger partial charge in [0.2, 0.25) is 15.9 Å². The van der Waals surface area contributed by atoms with Gasteiger partial charge in [0.05, 0.1) is 4.90 Å². The van der Waals surface area contributed by atoms with Crippen molar-refractivity contribution in [2.45, 2.75) is 36.6 Å². The third-order valence-electron chi connectivity index (χ3n) is 4.69. The fraction of sp³-hybridized carbons (Fsp3) is 0.350. The van der Waals surface area contributed by atoms with Crippen molar-refractivity contribution in [1.82, 2.24) is 9.62 Å². The summed E-state index contributed by atoms with van der Waals surface area (Å²) in [4.78, 5) is 14.5. The highest BCUT2D eigenvalue weighted by molar-refractivity contribution is 7.89. The van der Waals surface area contributed by atoms with Gasteiger partial charge in [0.25, 0.3) is 0 Å². The zero-order chi connectivity index (χ0) is 18.4. The molecular weight excluding hydrogens is 348 g/mol. The molecule has 0 spiro atoms. The van der Waals surface area contributed by atoms with E-state index in [0.717, 1.165) is 12.0 Å². The fourth-order valence-electron chi connectivity index (χ4n) is 3.19. The van der Waals surface area contributed by atoms with Gasteiger partial charge in [0.1, 0.15) is 0 Å². The molecule has 0 atom stereocenters. The van der Waals surface area contributed by atoms with E-state index in [9.17, 15) is 13.2 Å². The van der Waals surface area contributed by atoms with E-state index in [2.05, 4.69) is 4.72 Å². The Morgan fingerprint density at radius 3 is 2.15 bits per heavy atom. The summed E-state index contributed by atoms with van der Waals surface area (Å²) in [5.41, 5.74) is 1.16. The lowest BCUT2D eigenvalue weighted by atomic mass is 10.0. The molecule has 1 fully saturated rings. The zero-order valence-electron chi connectivity index (χ0n) is 14.7. The van der Waals surface area contributed by atoms with Crippen LogP contribution < -0.4 is 4.72 Å². The van der Waals surface area contributed by atoms with Crippen LogP contribution in [0.5, 0.6) is 0 Å². The number of nitrogens with one attached hydrogen (secondary N) is 1. The smallest absolute Gasteiger partial charge is 0.240 e. The van der Waals surface area contributed by atoms with E-state index in [4.69, 9.17) is 0 Å². The monoisotopic (exact) mass is 372 g/mol. The summed E-state index contributed by atoms with van der Waals surface area (Å²) in [6.45, 7) is 1.19. The molecular formula is C20H24N2O3S. The quantitative estimate of drug-likeness (QED) is 0.848. The molecule has 1 N–H and O–H groups in total. The van der Waals surface area contributed by atoms with E-state index in [1.54, 1.807) is 30.3 Å². The van der Waals surface area contributed by atoms with Gasteiger partial charge in [-0.1, -0.05) is 48.5 Å². The second kappa shape index (κ2) is 8.47. The number of nitrogens with zero attached hydrogens (tertiary/aromatic N) is 1. The molecule has 0 aromatic heterocycles. The number of hydrogen-bond acceptors (Lipinski definition) is 3. The molecule has 1 aliphatic heterocycles. The minimum Gasteiger partial charge on any atom is -0.343 e. The van der Waals surface area contributed by atoms with Crippen molar-refractivity contribution in [2.75, 3.05) is 13.1 Å². The van der Waals surface area contributed by atoms with Crippen molar-refractivity contribution in [1.29, 1.82) is 0 Å². The van der Waals surface area contributed by atoms with Crippen LogP contribution in [0, 0.1) is 0 Å². The highest BCUT2D eigenvalue weighted by Gasteiger charge is 2.26. The number of piperidine rings is 1. The molecule has 1 saturated heterocycles. The number of sulfonamides is 1. The maximum atomic E-state index is 12.4. The molecule has 0 radical (unpaired) electrons. The summed E-state index contributed by atoms with van der Waals surface area (Å²) >= 11 is 0. The number of hydrogen-bond donors (Lipinski definition) is 1. The molecule has 0 unspecified atom stereocenters. The van der Waals surface area contributed by atoms with E-state index in [-0.39, 0.29) is 16.8 Å². The molecule has 0 bridgehead atoms. The van der Waals surface area contributed by atoms with Gasteiger partial charge in [-0.05, 0) is 37.0 Å². The molecule has 2 aromatic rings. The Morgan fingerprint density at radius 1 is 0.962 bits per heavy atom. The van der Waals surface area contributed by atoms with Gasteiger partial charge in [0, 0.05) is 25.6 Å². The summed E-state index contributed by atoms with van der Waals surface area (Å²) in [7, 11) is -3.50. The summed E-state index contributed by atoms with van der Waals surface area (Å²) in [6, 6.07) is 18.2. The van der Waals surface area contributed by atoms with Crippen LogP contribution in [0.25, 0.3) is 0 Å². The summed E-state index contributed by atoms with van der Waals surface area (Å²) in [6.07, 6.45) is 2.51. The van der Waals surface area contributed by atoms with Gasteiger partial charge in [-0.25, -0.2) is 13.1 Å². The number of rotatable bonds is 6. The van der Waals surface area contributed by atoms with Crippen molar-refractivity contribution < 1.29 is 13.2 Å². The number of benzene rings is 2. The Kier molecular flexibility index (Phi) is 6.06. The number of carbonyl (C=O) groups excluding carboxylic acids is 1. The standard InChI is InChI=1S/C20H24N2O3S/c23-20(12-11-17-7-3-1-4-8-17)22-15-13-18(14-16-22)21-26(24,25)19-9-5-2-6-10-19/h1-10,18,21H,11-16H2. The molecule has 3 rings (SSSR count). The third kappa shape index (κ3) is 4.93. The lowest BCUT2D eigenvalue weighted by Gasteiger charge is -2.32. The van der Waals surface area contributed by atoms with E-state index in [0.29, 0.717) is 32.4 Å². The van der Waals surface area contributed by atoms with E-state index >= 15 is 0 Å². The maximum absolute atomic E-state index is 12.4. The SMILES string of the molecule is O=C(CCc1ccccc1)N1CCC(NS(=O)(=O)c2ccccc2)CC1. The van der Waals surface area contributed by atoms with Gasteiger partial charge in [0.15, 0.2) is 0 Å². The van der Waals surface area contributed by atoms with Gasteiger partial charge in [-0.2, -0.15) is 0 Å². The molecule has 2 aromatic carbocycles. The number of carbonyl (C=O) groups is 1. The maximum Gasteiger partial charge on any atom is 0.240 e. The molecule has 1 heterocycles. The molecule has 1 aliphatic rings. The van der Waals surface area contributed by atoms with Gasteiger partial charge >= 0.3 is 0 Å². The fourth-order valence-corrected chi connectivity index (χ4v) is 4.51. The second-order valence-corrected chi connectivity index (χ2v) is 8.29. The van der Waals surface area contributed by atoms with Crippen molar-refractivity contribution in [3.63, 3.8) is 0 Å². The Morgan fingerprint density at radius 2 is 1.54 bits per heavy atom. The van der Waals surface area contributed by atoms with Crippen molar-refractivity contribution in [3.8, 4) is 0 Å². The summed E-state index contributed by atoms with van der Waals surface area (Å²) in [5.74, 6) is 0.137. The molecule has 6 heteroatoms. The highest BCUT2D eigenvalue weighted by atomic mass is 32.2.